The molecule has 202 valence electrons. The van der Waals surface area contributed by atoms with Crippen LogP contribution in [0.25, 0.3) is 0 Å². The Kier molecular flexibility index (Phi) is 9.35. The van der Waals surface area contributed by atoms with Gasteiger partial charge in [-0.1, -0.05) is 41.4 Å². The first-order chi connectivity index (χ1) is 18.0. The Morgan fingerprint density at radius 2 is 1.68 bits per heavy atom. The zero-order valence-electron chi connectivity index (χ0n) is 21.4. The molecule has 3 aromatic rings. The van der Waals surface area contributed by atoms with Gasteiger partial charge in [0.15, 0.2) is 0 Å². The lowest BCUT2D eigenvalue weighted by Gasteiger charge is -2.32. The molecule has 0 saturated heterocycles. The molecule has 1 N–H and O–H groups in total. The van der Waals surface area contributed by atoms with Crippen molar-refractivity contribution in [2.24, 2.45) is 0 Å². The summed E-state index contributed by atoms with van der Waals surface area (Å²) in [5, 5.41) is 2.66. The number of nitrogens with zero attached hydrogens (tertiary/aromatic N) is 2. The molecule has 0 radical (unpaired) electrons. The predicted octanol–water partition coefficient (Wildman–Crippen LogP) is 4.15. The standard InChI is InChI=1S/C27H29ClFN3O5S/c1-18-5-12-23(13-6-18)38(35,36)32(22-11-14-25(37-4)24(28)15-22)17-26(33)31(19(2)27(34)30-3)16-20-7-9-21(29)10-8-20/h5-15,19H,16-17H2,1-4H3,(H,30,34). The van der Waals surface area contributed by atoms with Crippen molar-refractivity contribution in [3.05, 3.63) is 88.7 Å². The molecule has 1 atom stereocenters. The minimum Gasteiger partial charge on any atom is -0.495 e. The summed E-state index contributed by atoms with van der Waals surface area (Å²) < 4.78 is 47.1. The van der Waals surface area contributed by atoms with Crippen LogP contribution in [0.15, 0.2) is 71.6 Å². The highest BCUT2D eigenvalue weighted by molar-refractivity contribution is 7.92. The van der Waals surface area contributed by atoms with Crippen LogP contribution in [0.5, 0.6) is 5.75 Å². The zero-order valence-corrected chi connectivity index (χ0v) is 23.0. The van der Waals surface area contributed by atoms with Gasteiger partial charge in [0, 0.05) is 13.6 Å². The summed E-state index contributed by atoms with van der Waals surface area (Å²) in [4.78, 5) is 27.4. The van der Waals surface area contributed by atoms with E-state index in [1.807, 2.05) is 6.92 Å². The van der Waals surface area contributed by atoms with Crippen LogP contribution in [-0.2, 0) is 26.2 Å². The molecule has 8 nitrogen and oxygen atoms in total. The third-order valence-electron chi connectivity index (χ3n) is 5.99. The quantitative estimate of drug-likeness (QED) is 0.401. The van der Waals surface area contributed by atoms with Gasteiger partial charge in [-0.05, 0) is 61.9 Å². The Hall–Kier alpha value is -3.63. The molecule has 0 aliphatic rings. The molecule has 0 bridgehead atoms. The van der Waals surface area contributed by atoms with Gasteiger partial charge in [-0.2, -0.15) is 0 Å². The Morgan fingerprint density at radius 1 is 1.05 bits per heavy atom. The van der Waals surface area contributed by atoms with E-state index in [1.165, 1.54) is 80.6 Å². The number of halogens is 2. The smallest absolute Gasteiger partial charge is 0.264 e. The second kappa shape index (κ2) is 12.3. The number of sulfonamides is 1. The normalized spacial score (nSPS) is 11.9. The van der Waals surface area contributed by atoms with Gasteiger partial charge in [-0.3, -0.25) is 13.9 Å². The molecule has 0 saturated carbocycles. The number of aryl methyl sites for hydroxylation is 1. The van der Waals surface area contributed by atoms with Crippen LogP contribution in [0.4, 0.5) is 10.1 Å². The van der Waals surface area contributed by atoms with E-state index < -0.39 is 40.2 Å². The van der Waals surface area contributed by atoms with E-state index in [2.05, 4.69) is 5.32 Å². The lowest BCUT2D eigenvalue weighted by Crippen LogP contribution is -2.50. The Bertz CT molecular complexity index is 1400. The van der Waals surface area contributed by atoms with Crippen molar-refractivity contribution in [1.82, 2.24) is 10.2 Å². The first kappa shape index (κ1) is 28.9. The maximum Gasteiger partial charge on any atom is 0.264 e. The van der Waals surface area contributed by atoms with Gasteiger partial charge in [0.1, 0.15) is 24.2 Å². The Labute approximate surface area is 227 Å². The molecule has 0 heterocycles. The first-order valence-electron chi connectivity index (χ1n) is 11.7. The molecule has 0 aliphatic heterocycles. The lowest BCUT2D eigenvalue weighted by atomic mass is 10.1. The summed E-state index contributed by atoms with van der Waals surface area (Å²) in [6, 6.07) is 15.1. The average molecular weight is 562 g/mol. The number of carbonyl (C=O) groups excluding carboxylic acids is 2. The minimum atomic E-state index is -4.23. The van der Waals surface area contributed by atoms with Crippen molar-refractivity contribution in [1.29, 1.82) is 0 Å². The van der Waals surface area contributed by atoms with Gasteiger partial charge in [0.2, 0.25) is 11.8 Å². The third kappa shape index (κ3) is 6.62. The third-order valence-corrected chi connectivity index (χ3v) is 8.07. The number of hydrogen-bond acceptors (Lipinski definition) is 5. The second-order valence-electron chi connectivity index (χ2n) is 8.58. The summed E-state index contributed by atoms with van der Waals surface area (Å²) in [6.45, 7) is 2.69. The van der Waals surface area contributed by atoms with E-state index in [9.17, 15) is 22.4 Å². The van der Waals surface area contributed by atoms with Gasteiger partial charge in [0.05, 0.1) is 22.7 Å². The van der Waals surface area contributed by atoms with Crippen LogP contribution in [-0.4, -0.2) is 51.9 Å². The zero-order chi connectivity index (χ0) is 28.0. The molecule has 3 aromatic carbocycles. The van der Waals surface area contributed by atoms with Crippen molar-refractivity contribution >= 4 is 39.1 Å². The molecule has 0 aliphatic carbocycles. The highest BCUT2D eigenvalue weighted by Crippen LogP contribution is 2.32. The molecule has 1 unspecified atom stereocenters. The van der Waals surface area contributed by atoms with Crippen LogP contribution >= 0.6 is 11.6 Å². The summed E-state index contributed by atoms with van der Waals surface area (Å²) in [5.41, 5.74) is 1.57. The Morgan fingerprint density at radius 3 is 2.24 bits per heavy atom. The molecule has 38 heavy (non-hydrogen) atoms. The highest BCUT2D eigenvalue weighted by Gasteiger charge is 2.32. The number of ether oxygens (including phenoxy) is 1. The van der Waals surface area contributed by atoms with Crippen molar-refractivity contribution in [3.63, 3.8) is 0 Å². The highest BCUT2D eigenvalue weighted by atomic mass is 35.5. The van der Waals surface area contributed by atoms with Gasteiger partial charge >= 0.3 is 0 Å². The monoisotopic (exact) mass is 561 g/mol. The number of amides is 2. The van der Waals surface area contributed by atoms with Crippen molar-refractivity contribution in [2.45, 2.75) is 31.3 Å². The van der Waals surface area contributed by atoms with E-state index in [0.29, 0.717) is 11.3 Å². The van der Waals surface area contributed by atoms with Crippen LogP contribution in [0.3, 0.4) is 0 Å². The Balaban J connectivity index is 2.06. The number of benzene rings is 3. The molecule has 3 rings (SSSR count). The number of methoxy groups -OCH3 is 1. The van der Waals surface area contributed by atoms with Gasteiger partial charge < -0.3 is 15.0 Å². The molecule has 0 spiro atoms. The van der Waals surface area contributed by atoms with Crippen molar-refractivity contribution in [3.8, 4) is 5.75 Å². The molecule has 0 aromatic heterocycles. The number of rotatable bonds is 10. The number of anilines is 1. The van der Waals surface area contributed by atoms with Gasteiger partial charge in [0.25, 0.3) is 10.0 Å². The SMILES string of the molecule is CNC(=O)C(C)N(Cc1ccc(F)cc1)C(=O)CN(c1ccc(OC)c(Cl)c1)S(=O)(=O)c1ccc(C)cc1. The van der Waals surface area contributed by atoms with Crippen molar-refractivity contribution < 1.29 is 27.1 Å². The fourth-order valence-corrected chi connectivity index (χ4v) is 5.41. The van der Waals surface area contributed by atoms with E-state index in [-0.39, 0.29) is 22.2 Å². The number of likely N-dealkylation sites (N-methyl/N-ethyl adjacent to an activating group) is 1. The van der Waals surface area contributed by atoms with Crippen LogP contribution in [0.1, 0.15) is 18.1 Å². The fraction of sp³-hybridized carbons (Fsp3) is 0.259. The molecular weight excluding hydrogens is 533 g/mol. The lowest BCUT2D eigenvalue weighted by molar-refractivity contribution is -0.139. The first-order valence-corrected chi connectivity index (χ1v) is 13.5. The summed E-state index contributed by atoms with van der Waals surface area (Å²) in [5.74, 6) is -1.20. The van der Waals surface area contributed by atoms with Crippen LogP contribution in [0.2, 0.25) is 5.02 Å². The van der Waals surface area contributed by atoms with E-state index >= 15 is 0 Å². The van der Waals surface area contributed by atoms with Crippen molar-refractivity contribution in [2.75, 3.05) is 25.0 Å². The predicted molar refractivity (Wildman–Crippen MR) is 144 cm³/mol. The van der Waals surface area contributed by atoms with Crippen LogP contribution in [0, 0.1) is 12.7 Å². The van der Waals surface area contributed by atoms with E-state index in [4.69, 9.17) is 16.3 Å². The molecular formula is C27H29ClFN3O5S. The molecule has 11 heteroatoms. The summed E-state index contributed by atoms with van der Waals surface area (Å²) in [6.07, 6.45) is 0. The van der Waals surface area contributed by atoms with Gasteiger partial charge in [-0.15, -0.1) is 0 Å². The average Bonchev–Trinajstić information content (AvgIpc) is 2.90. The molecule has 2 amide bonds. The molecule has 0 fully saturated rings. The van der Waals surface area contributed by atoms with Crippen LogP contribution < -0.4 is 14.4 Å². The van der Waals surface area contributed by atoms with Gasteiger partial charge in [-0.25, -0.2) is 12.8 Å². The van der Waals surface area contributed by atoms with E-state index in [1.54, 1.807) is 12.1 Å². The fourth-order valence-electron chi connectivity index (χ4n) is 3.75. The largest absolute Gasteiger partial charge is 0.495 e. The number of hydrogen-bond donors (Lipinski definition) is 1. The summed E-state index contributed by atoms with van der Waals surface area (Å²) >= 11 is 6.30. The maximum absolute atomic E-state index is 13.8. The second-order valence-corrected chi connectivity index (χ2v) is 10.9. The summed E-state index contributed by atoms with van der Waals surface area (Å²) in [7, 11) is -1.36. The van der Waals surface area contributed by atoms with E-state index in [0.717, 1.165) is 9.87 Å². The maximum atomic E-state index is 13.8. The topological polar surface area (TPSA) is 96.0 Å². The number of nitrogens with one attached hydrogen (secondary N) is 1. The number of carbonyl (C=O) groups is 2. The minimum absolute atomic E-state index is 0.0210.